The first-order valence-corrected chi connectivity index (χ1v) is 8.46. The van der Waals surface area contributed by atoms with Gasteiger partial charge in [0.05, 0.1) is 6.26 Å². The minimum Gasteiger partial charge on any atom is -0.383 e. The monoisotopic (exact) mass is 351 g/mol. The largest absolute Gasteiger partial charge is 0.383 e. The Balaban J connectivity index is 2.42. The van der Waals surface area contributed by atoms with Crippen LogP contribution in [0.1, 0.15) is 13.3 Å². The van der Waals surface area contributed by atoms with Crippen LogP contribution in [0.15, 0.2) is 10.7 Å². The van der Waals surface area contributed by atoms with Crippen LogP contribution in [-0.2, 0) is 10.0 Å². The number of rotatable bonds is 7. The van der Waals surface area contributed by atoms with Crippen LogP contribution < -0.4 is 11.1 Å². The number of hydrogen-bond donors (Lipinski definition) is 2. The lowest BCUT2D eigenvalue weighted by Crippen LogP contribution is -2.31. The predicted octanol–water partition coefficient (Wildman–Crippen LogP) is 0.905. The molecule has 19 heavy (non-hydrogen) atoms. The van der Waals surface area contributed by atoms with Crippen LogP contribution in [0.2, 0.25) is 0 Å². The van der Waals surface area contributed by atoms with Crippen molar-refractivity contribution in [2.45, 2.75) is 13.3 Å². The van der Waals surface area contributed by atoms with E-state index in [-0.39, 0.29) is 0 Å². The molecule has 0 spiro atoms. The van der Waals surface area contributed by atoms with Crippen molar-refractivity contribution in [3.05, 3.63) is 10.7 Å². The Labute approximate surface area is 121 Å². The fourth-order valence-electron chi connectivity index (χ4n) is 1.53. The van der Waals surface area contributed by atoms with Crippen LogP contribution in [0.25, 0.3) is 0 Å². The zero-order valence-electron chi connectivity index (χ0n) is 10.9. The summed E-state index contributed by atoms with van der Waals surface area (Å²) in [6.45, 7) is 3.32. The summed E-state index contributed by atoms with van der Waals surface area (Å²) in [5.41, 5.74) is 5.58. The third-order valence-corrected chi connectivity index (χ3v) is 4.19. The SMILES string of the molecule is CCN(CCCNc1nc(N)cc(Br)n1)S(C)(=O)=O. The van der Waals surface area contributed by atoms with Crippen molar-refractivity contribution in [2.24, 2.45) is 0 Å². The molecule has 1 rings (SSSR count). The van der Waals surface area contributed by atoms with Gasteiger partial charge in [-0.25, -0.2) is 17.7 Å². The number of nitrogen functional groups attached to an aromatic ring is 1. The van der Waals surface area contributed by atoms with Crippen molar-refractivity contribution in [2.75, 3.05) is 36.9 Å². The molecule has 0 bridgehead atoms. The highest BCUT2D eigenvalue weighted by atomic mass is 79.9. The number of hydrogen-bond acceptors (Lipinski definition) is 6. The van der Waals surface area contributed by atoms with Gasteiger partial charge < -0.3 is 11.1 Å². The Morgan fingerprint density at radius 1 is 1.47 bits per heavy atom. The number of sulfonamides is 1. The normalized spacial score (nSPS) is 11.8. The zero-order valence-corrected chi connectivity index (χ0v) is 13.3. The molecule has 0 atom stereocenters. The quantitative estimate of drug-likeness (QED) is 0.559. The van der Waals surface area contributed by atoms with E-state index >= 15 is 0 Å². The van der Waals surface area contributed by atoms with Crippen molar-refractivity contribution in [3.63, 3.8) is 0 Å². The minimum atomic E-state index is -3.13. The third-order valence-electron chi connectivity index (χ3n) is 2.40. The fraction of sp³-hybridized carbons (Fsp3) is 0.600. The van der Waals surface area contributed by atoms with Crippen LogP contribution in [0.5, 0.6) is 0 Å². The van der Waals surface area contributed by atoms with Crippen molar-refractivity contribution >= 4 is 37.7 Å². The number of nitrogens with zero attached hydrogens (tertiary/aromatic N) is 3. The number of nitrogens with two attached hydrogens (primary N) is 1. The first-order valence-electron chi connectivity index (χ1n) is 5.82. The fourth-order valence-corrected chi connectivity index (χ4v) is 2.86. The molecule has 1 aromatic rings. The summed E-state index contributed by atoms with van der Waals surface area (Å²) in [7, 11) is -3.13. The summed E-state index contributed by atoms with van der Waals surface area (Å²) in [6, 6.07) is 1.60. The van der Waals surface area contributed by atoms with Crippen LogP contribution in [0.4, 0.5) is 11.8 Å². The lowest BCUT2D eigenvalue weighted by molar-refractivity contribution is 0.428. The van der Waals surface area contributed by atoms with Gasteiger partial charge in [0.15, 0.2) is 0 Å². The zero-order chi connectivity index (χ0) is 14.5. The third kappa shape index (κ3) is 5.70. The molecule has 108 valence electrons. The number of halogens is 1. The topological polar surface area (TPSA) is 101 Å². The summed E-state index contributed by atoms with van der Waals surface area (Å²) < 4.78 is 24.8. The molecule has 7 nitrogen and oxygen atoms in total. The summed E-state index contributed by atoms with van der Waals surface area (Å²) in [4.78, 5) is 8.12. The molecular weight excluding hydrogens is 334 g/mol. The van der Waals surface area contributed by atoms with Crippen molar-refractivity contribution < 1.29 is 8.42 Å². The van der Waals surface area contributed by atoms with Gasteiger partial charge in [-0.3, -0.25) is 0 Å². The molecule has 0 amide bonds. The van der Waals surface area contributed by atoms with E-state index in [4.69, 9.17) is 5.73 Å². The summed E-state index contributed by atoms with van der Waals surface area (Å²) in [6.07, 6.45) is 1.87. The smallest absolute Gasteiger partial charge is 0.225 e. The molecule has 0 saturated heterocycles. The predicted molar refractivity (Wildman–Crippen MR) is 79.3 cm³/mol. The van der Waals surface area contributed by atoms with Gasteiger partial charge in [0, 0.05) is 25.7 Å². The van der Waals surface area contributed by atoms with E-state index in [9.17, 15) is 8.42 Å². The molecule has 3 N–H and O–H groups in total. The first kappa shape index (κ1) is 16.1. The maximum Gasteiger partial charge on any atom is 0.225 e. The van der Waals surface area contributed by atoms with E-state index in [0.29, 0.717) is 42.4 Å². The molecule has 0 fully saturated rings. The Morgan fingerprint density at radius 3 is 2.68 bits per heavy atom. The lowest BCUT2D eigenvalue weighted by atomic mass is 10.4. The van der Waals surface area contributed by atoms with E-state index in [1.165, 1.54) is 10.6 Å². The second kappa shape index (κ2) is 7.01. The molecule has 0 saturated carbocycles. The highest BCUT2D eigenvalue weighted by Gasteiger charge is 2.13. The van der Waals surface area contributed by atoms with Gasteiger partial charge in [-0.2, -0.15) is 4.98 Å². The molecule has 1 aromatic heterocycles. The van der Waals surface area contributed by atoms with Gasteiger partial charge >= 0.3 is 0 Å². The van der Waals surface area contributed by atoms with Crippen LogP contribution in [0.3, 0.4) is 0 Å². The average molecular weight is 352 g/mol. The molecule has 0 radical (unpaired) electrons. The molecule has 9 heteroatoms. The second-order valence-corrected chi connectivity index (χ2v) is 6.77. The van der Waals surface area contributed by atoms with Crippen LogP contribution in [-0.4, -0.2) is 48.6 Å². The second-order valence-electron chi connectivity index (χ2n) is 3.97. The van der Waals surface area contributed by atoms with E-state index in [2.05, 4.69) is 31.2 Å². The highest BCUT2D eigenvalue weighted by molar-refractivity contribution is 9.10. The molecule has 0 unspecified atom stereocenters. The Kier molecular flexibility index (Phi) is 5.95. The number of nitrogens with one attached hydrogen (secondary N) is 1. The standard InChI is InChI=1S/C10H18BrN5O2S/c1-3-16(19(2,17)18)6-4-5-13-10-14-8(11)7-9(12)15-10/h7H,3-6H2,1-2H3,(H3,12,13,14,15). The first-order chi connectivity index (χ1) is 8.82. The Bertz CT molecular complexity index is 502. The summed E-state index contributed by atoms with van der Waals surface area (Å²) >= 11 is 3.22. The van der Waals surface area contributed by atoms with Crippen molar-refractivity contribution in [3.8, 4) is 0 Å². The summed E-state index contributed by atoms with van der Waals surface area (Å²) in [5, 5.41) is 3.00. The maximum absolute atomic E-state index is 11.4. The molecule has 0 aliphatic carbocycles. The lowest BCUT2D eigenvalue weighted by Gasteiger charge is -2.17. The maximum atomic E-state index is 11.4. The van der Waals surface area contributed by atoms with Crippen LogP contribution in [0, 0.1) is 0 Å². The van der Waals surface area contributed by atoms with E-state index < -0.39 is 10.0 Å². The van der Waals surface area contributed by atoms with Gasteiger partial charge in [0.1, 0.15) is 10.4 Å². The molecule has 0 aromatic carbocycles. The van der Waals surface area contributed by atoms with E-state index in [1.54, 1.807) is 6.07 Å². The van der Waals surface area contributed by atoms with Gasteiger partial charge in [0.25, 0.3) is 0 Å². The Hall–Kier alpha value is -0.930. The van der Waals surface area contributed by atoms with E-state index in [1.807, 2.05) is 6.92 Å². The molecular formula is C10H18BrN5O2S. The molecule has 0 aliphatic heterocycles. The van der Waals surface area contributed by atoms with Gasteiger partial charge in [-0.1, -0.05) is 6.92 Å². The van der Waals surface area contributed by atoms with Gasteiger partial charge in [-0.05, 0) is 22.4 Å². The minimum absolute atomic E-state index is 0.371. The molecule has 0 aliphatic rings. The van der Waals surface area contributed by atoms with Crippen molar-refractivity contribution in [1.29, 1.82) is 0 Å². The summed E-state index contributed by atoms with van der Waals surface area (Å²) in [5.74, 6) is 0.796. The Morgan fingerprint density at radius 2 is 2.16 bits per heavy atom. The number of anilines is 2. The van der Waals surface area contributed by atoms with Crippen LogP contribution >= 0.6 is 15.9 Å². The average Bonchev–Trinajstić information content (AvgIpc) is 2.25. The number of aromatic nitrogens is 2. The highest BCUT2D eigenvalue weighted by Crippen LogP contribution is 2.12. The van der Waals surface area contributed by atoms with Crippen molar-refractivity contribution in [1.82, 2.24) is 14.3 Å². The van der Waals surface area contributed by atoms with Gasteiger partial charge in [0.2, 0.25) is 16.0 Å². The van der Waals surface area contributed by atoms with E-state index in [0.717, 1.165) is 0 Å². The molecule has 1 heterocycles. The van der Waals surface area contributed by atoms with Gasteiger partial charge in [-0.15, -0.1) is 0 Å².